The standard InChI is InChI=1S/C13H18FN4O11P3/c1-7-11-13(16-5-15-7)18(6-17-11)12-8(2-14)10(9(12)3-19)4-27-31(23,24)29-32(25,26)28-30(20,21)22/h2,5-6,9-10,12,19H,3-4H2,1H3,(H,23,24)(H,25,26)(H2,20,21,22)/b8-2+/t9-,10+,12-/m0/s1. The van der Waals surface area contributed by atoms with Crippen molar-refractivity contribution in [3.63, 3.8) is 0 Å². The molecule has 1 saturated carbocycles. The zero-order valence-electron chi connectivity index (χ0n) is 16.1. The van der Waals surface area contributed by atoms with Crippen LogP contribution in [0.3, 0.4) is 0 Å². The van der Waals surface area contributed by atoms with E-state index in [1.54, 1.807) is 6.92 Å². The Morgan fingerprint density at radius 1 is 1.12 bits per heavy atom. The number of hydrogen-bond acceptors (Lipinski definition) is 10. The number of aliphatic hydroxyl groups excluding tert-OH is 1. The smallest absolute Gasteiger partial charge is 0.396 e. The largest absolute Gasteiger partial charge is 0.490 e. The van der Waals surface area contributed by atoms with Crippen LogP contribution in [0.15, 0.2) is 24.6 Å². The number of aliphatic hydroxyl groups is 1. The molecule has 2 heterocycles. The number of fused-ring (bicyclic) bond motifs is 1. The van der Waals surface area contributed by atoms with Crippen molar-refractivity contribution in [1.82, 2.24) is 19.5 Å². The van der Waals surface area contributed by atoms with E-state index < -0.39 is 54.6 Å². The molecule has 3 rings (SSSR count). The van der Waals surface area contributed by atoms with Gasteiger partial charge in [-0.3, -0.25) is 4.52 Å². The number of nitrogens with zero attached hydrogens (tertiary/aromatic N) is 4. The van der Waals surface area contributed by atoms with E-state index in [1.807, 2.05) is 0 Å². The number of rotatable bonds is 9. The first-order chi connectivity index (χ1) is 14.8. The Balaban J connectivity index is 1.75. The van der Waals surface area contributed by atoms with E-state index in [0.717, 1.165) is 0 Å². The van der Waals surface area contributed by atoms with Crippen LogP contribution in [-0.2, 0) is 26.8 Å². The summed E-state index contributed by atoms with van der Waals surface area (Å²) in [5.41, 5.74) is 1.44. The number of phosphoric acid groups is 3. The number of halogens is 1. The van der Waals surface area contributed by atoms with Crippen molar-refractivity contribution in [2.45, 2.75) is 13.0 Å². The van der Waals surface area contributed by atoms with Crippen molar-refractivity contribution in [3.05, 3.63) is 30.3 Å². The van der Waals surface area contributed by atoms with Crippen LogP contribution in [-0.4, -0.2) is 57.4 Å². The van der Waals surface area contributed by atoms with E-state index in [4.69, 9.17) is 9.79 Å². The molecule has 2 aromatic rings. The summed E-state index contributed by atoms with van der Waals surface area (Å²) >= 11 is 0. The van der Waals surface area contributed by atoms with Crippen LogP contribution in [0.25, 0.3) is 11.2 Å². The minimum absolute atomic E-state index is 0.0401. The fourth-order valence-corrected chi connectivity index (χ4v) is 6.47. The zero-order chi connectivity index (χ0) is 23.9. The molecule has 1 fully saturated rings. The quantitative estimate of drug-likeness (QED) is 0.293. The average molecular weight is 518 g/mol. The SMILES string of the molecule is Cc1ncnc2c1ncn2[C@H]1/C(=C/F)[C@@H](COP(=O)(O)OP(=O)(O)OP(=O)(O)O)[C@@H]1CO. The summed E-state index contributed by atoms with van der Waals surface area (Å²) in [4.78, 5) is 48.1. The van der Waals surface area contributed by atoms with Crippen LogP contribution in [0.2, 0.25) is 0 Å². The zero-order valence-corrected chi connectivity index (χ0v) is 18.8. The predicted octanol–water partition coefficient (Wildman–Crippen LogP) is 1.11. The maximum atomic E-state index is 13.7. The number of aromatic nitrogens is 4. The van der Waals surface area contributed by atoms with Crippen molar-refractivity contribution >= 4 is 34.6 Å². The highest BCUT2D eigenvalue weighted by atomic mass is 31.3. The fraction of sp³-hybridized carbons (Fsp3) is 0.462. The van der Waals surface area contributed by atoms with E-state index in [0.29, 0.717) is 16.9 Å². The summed E-state index contributed by atoms with van der Waals surface area (Å²) in [5, 5.41) is 9.78. The molecular weight excluding hydrogens is 500 g/mol. The first-order valence-electron chi connectivity index (χ1n) is 8.62. The summed E-state index contributed by atoms with van der Waals surface area (Å²) in [7, 11) is -16.6. The van der Waals surface area contributed by atoms with Gasteiger partial charge >= 0.3 is 23.5 Å². The van der Waals surface area contributed by atoms with Crippen molar-refractivity contribution < 1.29 is 55.9 Å². The van der Waals surface area contributed by atoms with E-state index in [1.165, 1.54) is 17.2 Å². The maximum absolute atomic E-state index is 13.7. The molecule has 0 aromatic carbocycles. The maximum Gasteiger partial charge on any atom is 0.490 e. The van der Waals surface area contributed by atoms with Crippen LogP contribution >= 0.6 is 23.5 Å². The lowest BCUT2D eigenvalue weighted by Gasteiger charge is -2.46. The van der Waals surface area contributed by atoms with Gasteiger partial charge in [-0.15, -0.1) is 0 Å². The summed E-state index contributed by atoms with van der Waals surface area (Å²) in [6, 6.07) is -0.765. The molecule has 2 unspecified atom stereocenters. The second-order valence-corrected chi connectivity index (χ2v) is 11.1. The third kappa shape index (κ3) is 5.38. The second-order valence-electron chi connectivity index (χ2n) is 6.68. The third-order valence-corrected chi connectivity index (χ3v) is 8.51. The molecule has 1 aliphatic rings. The number of hydrogen-bond donors (Lipinski definition) is 5. The van der Waals surface area contributed by atoms with E-state index in [9.17, 15) is 33.0 Å². The predicted molar refractivity (Wildman–Crippen MR) is 102 cm³/mol. The summed E-state index contributed by atoms with van der Waals surface area (Å²) in [6.45, 7) is 0.445. The monoisotopic (exact) mass is 518 g/mol. The van der Waals surface area contributed by atoms with E-state index in [-0.39, 0.29) is 11.9 Å². The van der Waals surface area contributed by atoms with E-state index >= 15 is 0 Å². The van der Waals surface area contributed by atoms with Crippen LogP contribution < -0.4 is 0 Å². The first-order valence-corrected chi connectivity index (χ1v) is 13.1. The van der Waals surface area contributed by atoms with Crippen molar-refractivity contribution in [2.75, 3.05) is 13.2 Å². The van der Waals surface area contributed by atoms with Crippen LogP contribution in [0.5, 0.6) is 0 Å². The fourth-order valence-electron chi connectivity index (χ4n) is 3.42. The average Bonchev–Trinajstić information content (AvgIpc) is 3.03. The Bertz CT molecular complexity index is 1180. The van der Waals surface area contributed by atoms with E-state index in [2.05, 4.69) is 28.1 Å². The van der Waals surface area contributed by atoms with Crippen molar-refractivity contribution in [3.8, 4) is 0 Å². The molecule has 1 aliphatic carbocycles. The lowest BCUT2D eigenvalue weighted by atomic mass is 9.66. The Labute approximate surface area is 179 Å². The van der Waals surface area contributed by atoms with Gasteiger partial charge in [0.1, 0.15) is 11.8 Å². The third-order valence-electron chi connectivity index (χ3n) is 4.70. The van der Waals surface area contributed by atoms with Gasteiger partial charge in [0.2, 0.25) is 0 Å². The molecule has 0 amide bonds. The molecular formula is C13H18FN4O11P3. The summed E-state index contributed by atoms with van der Waals surface area (Å²) in [6.07, 6.45) is 2.89. The molecule has 5 N–H and O–H groups in total. The minimum atomic E-state index is -5.68. The Morgan fingerprint density at radius 3 is 2.41 bits per heavy atom. The highest BCUT2D eigenvalue weighted by molar-refractivity contribution is 7.66. The molecule has 0 saturated heterocycles. The van der Waals surface area contributed by atoms with Gasteiger partial charge in [-0.2, -0.15) is 8.62 Å². The second kappa shape index (κ2) is 9.09. The number of phosphoric ester groups is 1. The number of aryl methyl sites for hydroxylation is 1. The highest BCUT2D eigenvalue weighted by Gasteiger charge is 2.49. The van der Waals surface area contributed by atoms with Crippen LogP contribution in [0.1, 0.15) is 11.7 Å². The number of imidazole rings is 1. The first kappa shape index (κ1) is 25.2. The van der Waals surface area contributed by atoms with Gasteiger partial charge in [-0.1, -0.05) is 0 Å². The molecule has 5 atom stereocenters. The molecule has 15 nitrogen and oxygen atoms in total. The topological polar surface area (TPSA) is 224 Å². The Kier molecular flexibility index (Phi) is 7.16. The van der Waals surface area contributed by atoms with Crippen molar-refractivity contribution in [2.24, 2.45) is 11.8 Å². The molecule has 0 bridgehead atoms. The van der Waals surface area contributed by atoms with Gasteiger partial charge in [0, 0.05) is 18.4 Å². The van der Waals surface area contributed by atoms with Crippen molar-refractivity contribution in [1.29, 1.82) is 0 Å². The highest BCUT2D eigenvalue weighted by Crippen LogP contribution is 2.66. The summed E-state index contributed by atoms with van der Waals surface area (Å²) < 4.78 is 61.0. The molecule has 19 heteroatoms. The Morgan fingerprint density at radius 2 is 1.81 bits per heavy atom. The van der Waals surface area contributed by atoms with Crippen LogP contribution in [0.4, 0.5) is 4.39 Å². The molecule has 32 heavy (non-hydrogen) atoms. The molecule has 2 aromatic heterocycles. The lowest BCUT2D eigenvalue weighted by molar-refractivity contribution is 0.0476. The summed E-state index contributed by atoms with van der Waals surface area (Å²) in [5.74, 6) is -1.70. The van der Waals surface area contributed by atoms with Gasteiger partial charge < -0.3 is 29.2 Å². The van der Waals surface area contributed by atoms with Crippen LogP contribution in [0, 0.1) is 18.8 Å². The Hall–Kier alpha value is -1.41. The minimum Gasteiger partial charge on any atom is -0.396 e. The molecule has 0 radical (unpaired) electrons. The molecule has 178 valence electrons. The molecule has 0 spiro atoms. The van der Waals surface area contributed by atoms with Gasteiger partial charge in [0.25, 0.3) is 0 Å². The normalized spacial score (nSPS) is 26.6. The molecule has 0 aliphatic heterocycles. The van der Waals surface area contributed by atoms with Gasteiger partial charge in [-0.05, 0) is 12.5 Å². The van der Waals surface area contributed by atoms with Gasteiger partial charge in [0.05, 0.1) is 31.0 Å². The lowest BCUT2D eigenvalue weighted by Crippen LogP contribution is -2.45. The van der Waals surface area contributed by atoms with Gasteiger partial charge in [0.15, 0.2) is 5.65 Å². The van der Waals surface area contributed by atoms with Gasteiger partial charge in [-0.25, -0.2) is 33.0 Å².